The van der Waals surface area contributed by atoms with Crippen molar-refractivity contribution in [3.8, 4) is 0 Å². The molecule has 5 N–H and O–H groups in total. The molecule has 2 aromatic carbocycles. The lowest BCUT2D eigenvalue weighted by atomic mass is 10.0. The van der Waals surface area contributed by atoms with Gasteiger partial charge in [-0.3, -0.25) is 9.59 Å². The number of anilines is 2. The summed E-state index contributed by atoms with van der Waals surface area (Å²) in [4.78, 5) is 44.8. The molecule has 6 rings (SSSR count). The lowest BCUT2D eigenvalue weighted by Crippen LogP contribution is -2.36. The first-order valence-corrected chi connectivity index (χ1v) is 15.0. The highest BCUT2D eigenvalue weighted by atomic mass is 32.2. The van der Waals surface area contributed by atoms with E-state index in [0.29, 0.717) is 34.1 Å². The minimum absolute atomic E-state index is 0.0823. The molecule has 4 amide bonds. The zero-order chi connectivity index (χ0) is 28.3. The molecule has 3 aromatic rings. The summed E-state index contributed by atoms with van der Waals surface area (Å²) in [6.07, 6.45) is 5.94. The van der Waals surface area contributed by atoms with Gasteiger partial charge in [-0.15, -0.1) is 0 Å². The van der Waals surface area contributed by atoms with Gasteiger partial charge in [0.1, 0.15) is 18.0 Å². The van der Waals surface area contributed by atoms with Crippen molar-refractivity contribution in [2.45, 2.75) is 61.9 Å². The van der Waals surface area contributed by atoms with E-state index in [9.17, 15) is 18.8 Å². The van der Waals surface area contributed by atoms with Crippen LogP contribution < -0.4 is 26.6 Å². The average Bonchev–Trinajstić information content (AvgIpc) is 3.64. The molecule has 2 fully saturated rings. The number of unbranched alkanes of at least 4 members (excludes halogenated alkanes) is 1. The fourth-order valence-corrected chi connectivity index (χ4v) is 7.43. The predicted octanol–water partition coefficient (Wildman–Crippen LogP) is 3.13. The van der Waals surface area contributed by atoms with Gasteiger partial charge in [0.2, 0.25) is 11.8 Å². The maximum Gasteiger partial charge on any atom is 0.315 e. The second kappa shape index (κ2) is 11.9. The third-order valence-corrected chi connectivity index (χ3v) is 9.40. The van der Waals surface area contributed by atoms with Crippen molar-refractivity contribution in [1.29, 1.82) is 0 Å². The SMILES string of the molecule is O=C(CCCCC1SCC2NC(=O)NC21)NCC(=O)Nc1ccc2c(c1)CC(Nc1ncnc3ccc(F)cc13)C2. The molecule has 0 bridgehead atoms. The van der Waals surface area contributed by atoms with Gasteiger partial charge in [-0.05, 0) is 67.1 Å². The van der Waals surface area contributed by atoms with E-state index in [0.717, 1.165) is 43.4 Å². The first kappa shape index (κ1) is 27.3. The number of urea groups is 1. The number of hydrogen-bond acceptors (Lipinski definition) is 7. The average molecular weight is 578 g/mol. The van der Waals surface area contributed by atoms with Gasteiger partial charge in [-0.1, -0.05) is 12.5 Å². The van der Waals surface area contributed by atoms with Gasteiger partial charge >= 0.3 is 6.03 Å². The number of fused-ring (bicyclic) bond motifs is 3. The molecule has 0 saturated carbocycles. The minimum atomic E-state index is -0.336. The Hall–Kier alpha value is -3.93. The quantitative estimate of drug-likeness (QED) is 0.184. The summed E-state index contributed by atoms with van der Waals surface area (Å²) >= 11 is 1.87. The standard InChI is InChI=1S/C29H32FN7O3S/c30-18-6-8-22-21(12-18)28(33-15-32-22)35-20-9-16-5-7-19(10-17(16)11-20)34-26(39)13-31-25(38)4-2-1-3-24-27-23(14-41-24)36-29(40)37-27/h5-8,10,12,15,20,23-24,27H,1-4,9,11,13-14H2,(H,31,38)(H,34,39)(H,32,33,35)(H2,36,37,40). The number of carbonyl (C=O) groups excluding carboxylic acids is 3. The molecule has 0 spiro atoms. The van der Waals surface area contributed by atoms with Crippen LogP contribution in [0.3, 0.4) is 0 Å². The Morgan fingerprint density at radius 2 is 1.90 bits per heavy atom. The topological polar surface area (TPSA) is 137 Å². The van der Waals surface area contributed by atoms with E-state index in [-0.39, 0.29) is 48.3 Å². The number of benzene rings is 2. The second-order valence-corrected chi connectivity index (χ2v) is 12.1. The van der Waals surface area contributed by atoms with Gasteiger partial charge in [-0.25, -0.2) is 19.2 Å². The van der Waals surface area contributed by atoms with Crippen molar-refractivity contribution in [3.63, 3.8) is 0 Å². The largest absolute Gasteiger partial charge is 0.366 e. The van der Waals surface area contributed by atoms with Gasteiger partial charge in [-0.2, -0.15) is 11.8 Å². The summed E-state index contributed by atoms with van der Waals surface area (Å²) in [6.45, 7) is -0.0859. The normalized spacial score (nSPS) is 22.5. The Morgan fingerprint density at radius 3 is 2.80 bits per heavy atom. The van der Waals surface area contributed by atoms with E-state index in [4.69, 9.17) is 0 Å². The van der Waals surface area contributed by atoms with Gasteiger partial charge < -0.3 is 26.6 Å². The molecule has 3 aliphatic rings. The first-order chi connectivity index (χ1) is 19.9. The zero-order valence-electron chi connectivity index (χ0n) is 22.4. The van der Waals surface area contributed by atoms with Crippen LogP contribution in [0.1, 0.15) is 36.8 Å². The Kier molecular flexibility index (Phi) is 7.91. The molecule has 1 aromatic heterocycles. The van der Waals surface area contributed by atoms with Crippen LogP contribution >= 0.6 is 11.8 Å². The zero-order valence-corrected chi connectivity index (χ0v) is 23.2. The number of hydrogen-bond donors (Lipinski definition) is 5. The van der Waals surface area contributed by atoms with Crippen LogP contribution in [0.5, 0.6) is 0 Å². The molecule has 0 radical (unpaired) electrons. The molecule has 41 heavy (non-hydrogen) atoms. The van der Waals surface area contributed by atoms with Crippen molar-refractivity contribution < 1.29 is 18.8 Å². The van der Waals surface area contributed by atoms with Gasteiger partial charge in [0, 0.05) is 34.5 Å². The van der Waals surface area contributed by atoms with Crippen molar-refractivity contribution in [2.24, 2.45) is 0 Å². The van der Waals surface area contributed by atoms with Crippen LogP contribution in [0.4, 0.5) is 20.7 Å². The third-order valence-electron chi connectivity index (χ3n) is 7.89. The van der Waals surface area contributed by atoms with Gasteiger partial charge in [0.15, 0.2) is 0 Å². The summed E-state index contributed by atoms with van der Waals surface area (Å²) < 4.78 is 13.8. The molecular formula is C29H32FN7O3S. The Bertz CT molecular complexity index is 1490. The maximum atomic E-state index is 13.8. The van der Waals surface area contributed by atoms with E-state index in [1.54, 1.807) is 6.07 Å². The predicted molar refractivity (Wildman–Crippen MR) is 156 cm³/mol. The highest BCUT2D eigenvalue weighted by Crippen LogP contribution is 2.33. The van der Waals surface area contributed by atoms with Crippen molar-refractivity contribution in [1.82, 2.24) is 25.9 Å². The number of nitrogens with one attached hydrogen (secondary N) is 5. The second-order valence-electron chi connectivity index (χ2n) is 10.8. The maximum absolute atomic E-state index is 13.8. The number of thioether (sulfide) groups is 1. The van der Waals surface area contributed by atoms with E-state index >= 15 is 0 Å². The van der Waals surface area contributed by atoms with E-state index in [1.165, 1.54) is 24.0 Å². The molecular weight excluding hydrogens is 545 g/mol. The van der Waals surface area contributed by atoms with Crippen LogP contribution in [-0.4, -0.2) is 63.5 Å². The minimum Gasteiger partial charge on any atom is -0.366 e. The molecule has 214 valence electrons. The smallest absolute Gasteiger partial charge is 0.315 e. The summed E-state index contributed by atoms with van der Waals surface area (Å²) in [5, 5.41) is 15.9. The molecule has 2 saturated heterocycles. The Morgan fingerprint density at radius 1 is 1.02 bits per heavy atom. The number of rotatable bonds is 10. The lowest BCUT2D eigenvalue weighted by molar-refractivity contribution is -0.124. The fraction of sp³-hybridized carbons (Fsp3) is 0.414. The van der Waals surface area contributed by atoms with E-state index in [2.05, 4.69) is 36.6 Å². The summed E-state index contributed by atoms with van der Waals surface area (Å²) in [5.41, 5.74) is 3.65. The van der Waals surface area contributed by atoms with Crippen molar-refractivity contribution in [3.05, 3.63) is 59.7 Å². The monoisotopic (exact) mass is 577 g/mol. The third kappa shape index (κ3) is 6.37. The Balaban J connectivity index is 0.925. The molecule has 2 aliphatic heterocycles. The summed E-state index contributed by atoms with van der Waals surface area (Å²) in [7, 11) is 0. The molecule has 10 nitrogen and oxygen atoms in total. The molecule has 3 heterocycles. The number of halogens is 1. The molecule has 12 heteroatoms. The van der Waals surface area contributed by atoms with Crippen LogP contribution in [-0.2, 0) is 22.4 Å². The summed E-state index contributed by atoms with van der Waals surface area (Å²) in [6, 6.07) is 10.7. The van der Waals surface area contributed by atoms with Gasteiger partial charge in [0.25, 0.3) is 0 Å². The lowest BCUT2D eigenvalue weighted by Gasteiger charge is -2.16. The highest BCUT2D eigenvalue weighted by molar-refractivity contribution is 8.00. The highest BCUT2D eigenvalue weighted by Gasteiger charge is 2.42. The van der Waals surface area contributed by atoms with Crippen molar-refractivity contribution >= 4 is 52.0 Å². The number of carbonyl (C=O) groups is 3. The van der Waals surface area contributed by atoms with Crippen molar-refractivity contribution in [2.75, 3.05) is 22.9 Å². The Labute approximate surface area is 241 Å². The van der Waals surface area contributed by atoms with E-state index < -0.39 is 0 Å². The van der Waals surface area contributed by atoms with Crippen LogP contribution in [0, 0.1) is 5.82 Å². The van der Waals surface area contributed by atoms with Crippen LogP contribution in [0.25, 0.3) is 10.9 Å². The van der Waals surface area contributed by atoms with Crippen LogP contribution in [0.15, 0.2) is 42.7 Å². The molecule has 4 unspecified atom stereocenters. The number of nitrogens with zero attached hydrogens (tertiary/aromatic N) is 2. The first-order valence-electron chi connectivity index (χ1n) is 13.9. The molecule has 1 aliphatic carbocycles. The number of aromatic nitrogens is 2. The van der Waals surface area contributed by atoms with E-state index in [1.807, 2.05) is 30.0 Å². The fourth-order valence-electron chi connectivity index (χ4n) is 5.88. The van der Waals surface area contributed by atoms with Crippen LogP contribution in [0.2, 0.25) is 0 Å². The summed E-state index contributed by atoms with van der Waals surface area (Å²) in [5.74, 6) is 0.764. The molecule has 4 atom stereocenters. The van der Waals surface area contributed by atoms with Gasteiger partial charge in [0.05, 0.1) is 24.1 Å². The number of amides is 4.